The van der Waals surface area contributed by atoms with Crippen LogP contribution in [-0.4, -0.2) is 65.5 Å². The van der Waals surface area contributed by atoms with Crippen LogP contribution >= 0.6 is 11.5 Å². The third-order valence-corrected chi connectivity index (χ3v) is 4.07. The molecular weight excluding hydrogens is 258 g/mol. The van der Waals surface area contributed by atoms with Crippen LogP contribution in [0.15, 0.2) is 0 Å². The van der Waals surface area contributed by atoms with Crippen molar-refractivity contribution < 1.29 is 0 Å². The van der Waals surface area contributed by atoms with Gasteiger partial charge in [-0.05, 0) is 7.05 Å². The molecule has 6 heteroatoms. The van der Waals surface area contributed by atoms with E-state index in [2.05, 4.69) is 52.3 Å². The molecule has 1 aromatic rings. The fourth-order valence-corrected chi connectivity index (χ4v) is 2.77. The molecular formula is C13H25N5S. The minimum Gasteiger partial charge on any atom is -0.359 e. The Bertz CT molecular complexity index is 390. The Labute approximate surface area is 120 Å². The number of likely N-dealkylation sites (N-methyl/N-ethyl adjacent to an activating group) is 1. The number of hydrogen-bond acceptors (Lipinski definition) is 6. The highest BCUT2D eigenvalue weighted by Crippen LogP contribution is 2.22. The van der Waals surface area contributed by atoms with E-state index >= 15 is 0 Å². The molecule has 0 spiro atoms. The van der Waals surface area contributed by atoms with Gasteiger partial charge in [-0.25, -0.2) is 4.98 Å². The molecule has 1 fully saturated rings. The summed E-state index contributed by atoms with van der Waals surface area (Å²) in [4.78, 5) is 9.42. The summed E-state index contributed by atoms with van der Waals surface area (Å²) >= 11 is 1.46. The molecule has 19 heavy (non-hydrogen) atoms. The van der Waals surface area contributed by atoms with Gasteiger partial charge in [-0.15, -0.1) is 0 Å². The van der Waals surface area contributed by atoms with Crippen molar-refractivity contribution in [1.29, 1.82) is 0 Å². The van der Waals surface area contributed by atoms with Gasteiger partial charge in [0.2, 0.25) is 5.13 Å². The predicted molar refractivity (Wildman–Crippen MR) is 81.0 cm³/mol. The summed E-state index contributed by atoms with van der Waals surface area (Å²) < 4.78 is 4.41. The van der Waals surface area contributed by atoms with Gasteiger partial charge in [0.25, 0.3) is 0 Å². The summed E-state index contributed by atoms with van der Waals surface area (Å²) in [6.45, 7) is 13.1. The Kier molecular flexibility index (Phi) is 4.76. The number of anilines is 1. The van der Waals surface area contributed by atoms with Gasteiger partial charge in [0.1, 0.15) is 5.82 Å². The zero-order valence-corrected chi connectivity index (χ0v) is 13.3. The number of rotatable bonds is 4. The van der Waals surface area contributed by atoms with E-state index in [0.717, 1.165) is 24.0 Å². The van der Waals surface area contributed by atoms with Gasteiger partial charge in [-0.1, -0.05) is 20.8 Å². The van der Waals surface area contributed by atoms with Gasteiger partial charge >= 0.3 is 0 Å². The second kappa shape index (κ2) is 6.15. The zero-order chi connectivity index (χ0) is 13.9. The molecule has 0 amide bonds. The highest BCUT2D eigenvalue weighted by atomic mass is 32.1. The Morgan fingerprint density at radius 1 is 1.21 bits per heavy atom. The van der Waals surface area contributed by atoms with Crippen LogP contribution in [0, 0.1) is 0 Å². The number of nitrogens with zero attached hydrogens (tertiary/aromatic N) is 4. The van der Waals surface area contributed by atoms with E-state index in [9.17, 15) is 0 Å². The van der Waals surface area contributed by atoms with Crippen molar-refractivity contribution in [3.05, 3.63) is 5.82 Å². The lowest BCUT2D eigenvalue weighted by atomic mass is 9.96. The number of nitrogens with one attached hydrogen (secondary N) is 1. The molecule has 0 unspecified atom stereocenters. The Morgan fingerprint density at radius 2 is 1.89 bits per heavy atom. The molecule has 2 heterocycles. The highest BCUT2D eigenvalue weighted by molar-refractivity contribution is 7.09. The van der Waals surface area contributed by atoms with E-state index in [1.165, 1.54) is 37.7 Å². The molecule has 1 N–H and O–H groups in total. The molecule has 5 nitrogen and oxygen atoms in total. The molecule has 1 aliphatic rings. The van der Waals surface area contributed by atoms with E-state index in [1.54, 1.807) is 0 Å². The van der Waals surface area contributed by atoms with Crippen molar-refractivity contribution in [2.24, 2.45) is 0 Å². The smallest absolute Gasteiger partial charge is 0.202 e. The summed E-state index contributed by atoms with van der Waals surface area (Å²) in [6.07, 6.45) is 0. The zero-order valence-electron chi connectivity index (χ0n) is 12.4. The predicted octanol–water partition coefficient (Wildman–Crippen LogP) is 1.49. The second-order valence-electron chi connectivity index (χ2n) is 6.24. The van der Waals surface area contributed by atoms with E-state index in [0.29, 0.717) is 0 Å². The van der Waals surface area contributed by atoms with Gasteiger partial charge in [0.15, 0.2) is 0 Å². The first-order valence-electron chi connectivity index (χ1n) is 6.94. The first-order valence-corrected chi connectivity index (χ1v) is 7.71. The minimum atomic E-state index is 0.0356. The lowest BCUT2D eigenvalue weighted by Gasteiger charge is -2.32. The Balaban J connectivity index is 1.72. The van der Waals surface area contributed by atoms with E-state index < -0.39 is 0 Å². The van der Waals surface area contributed by atoms with Crippen LogP contribution in [0.1, 0.15) is 26.6 Å². The van der Waals surface area contributed by atoms with Gasteiger partial charge in [0, 0.05) is 56.2 Å². The lowest BCUT2D eigenvalue weighted by Crippen LogP contribution is -2.45. The first-order chi connectivity index (χ1) is 8.95. The molecule has 0 atom stereocenters. The second-order valence-corrected chi connectivity index (χ2v) is 7.00. The van der Waals surface area contributed by atoms with Crippen LogP contribution in [0.5, 0.6) is 0 Å². The summed E-state index contributed by atoms with van der Waals surface area (Å²) in [5.74, 6) is 0.930. The summed E-state index contributed by atoms with van der Waals surface area (Å²) in [5.41, 5.74) is 0.0356. The average molecular weight is 283 g/mol. The summed E-state index contributed by atoms with van der Waals surface area (Å²) in [5, 5.41) is 4.33. The maximum absolute atomic E-state index is 4.55. The van der Waals surface area contributed by atoms with E-state index in [-0.39, 0.29) is 5.41 Å². The van der Waals surface area contributed by atoms with E-state index in [4.69, 9.17) is 0 Å². The van der Waals surface area contributed by atoms with Gasteiger partial charge in [0.05, 0.1) is 0 Å². The third-order valence-electron chi connectivity index (χ3n) is 3.40. The maximum Gasteiger partial charge on any atom is 0.202 e. The topological polar surface area (TPSA) is 44.3 Å². The summed E-state index contributed by atoms with van der Waals surface area (Å²) in [7, 11) is 2.19. The van der Waals surface area contributed by atoms with Crippen molar-refractivity contribution in [2.45, 2.75) is 26.2 Å². The molecule has 0 radical (unpaired) electrons. The Hall–Kier alpha value is -0.720. The minimum absolute atomic E-state index is 0.0356. The number of aromatic nitrogens is 2. The van der Waals surface area contributed by atoms with Crippen molar-refractivity contribution in [1.82, 2.24) is 19.2 Å². The van der Waals surface area contributed by atoms with Gasteiger partial charge in [-0.2, -0.15) is 4.37 Å². The molecule has 0 aromatic carbocycles. The van der Waals surface area contributed by atoms with Gasteiger partial charge in [-0.3, -0.25) is 4.90 Å². The molecule has 1 aliphatic heterocycles. The van der Waals surface area contributed by atoms with Gasteiger partial charge < -0.3 is 10.2 Å². The van der Waals surface area contributed by atoms with Crippen LogP contribution < -0.4 is 5.32 Å². The molecule has 0 bridgehead atoms. The largest absolute Gasteiger partial charge is 0.359 e. The monoisotopic (exact) mass is 283 g/mol. The number of piperazine rings is 1. The van der Waals surface area contributed by atoms with Crippen LogP contribution in [0.25, 0.3) is 0 Å². The number of hydrogen-bond donors (Lipinski definition) is 1. The fraction of sp³-hybridized carbons (Fsp3) is 0.846. The SMILES string of the molecule is CN1CCN(CCNc2nc(C(C)(C)C)ns2)CC1. The Morgan fingerprint density at radius 3 is 2.47 bits per heavy atom. The maximum atomic E-state index is 4.55. The molecule has 2 rings (SSSR count). The molecule has 0 saturated carbocycles. The van der Waals surface area contributed by atoms with Crippen LogP contribution in [0.2, 0.25) is 0 Å². The van der Waals surface area contributed by atoms with E-state index in [1.807, 2.05) is 0 Å². The molecule has 108 valence electrons. The van der Waals surface area contributed by atoms with Crippen molar-refractivity contribution in [3.63, 3.8) is 0 Å². The standard InChI is InChI=1S/C13H25N5S/c1-13(2,3)11-15-12(19-16-11)14-5-6-18-9-7-17(4)8-10-18/h5-10H2,1-4H3,(H,14,15,16). The fourth-order valence-electron chi connectivity index (χ4n) is 1.99. The van der Waals surface area contributed by atoms with Crippen molar-refractivity contribution in [3.8, 4) is 0 Å². The highest BCUT2D eigenvalue weighted by Gasteiger charge is 2.19. The molecule has 1 saturated heterocycles. The van der Waals surface area contributed by atoms with Crippen LogP contribution in [0.3, 0.4) is 0 Å². The van der Waals surface area contributed by atoms with Crippen molar-refractivity contribution >= 4 is 16.7 Å². The first kappa shape index (κ1) is 14.7. The van der Waals surface area contributed by atoms with Crippen molar-refractivity contribution in [2.75, 3.05) is 51.6 Å². The lowest BCUT2D eigenvalue weighted by molar-refractivity contribution is 0.158. The molecule has 1 aromatic heterocycles. The third kappa shape index (κ3) is 4.40. The molecule has 0 aliphatic carbocycles. The van der Waals surface area contributed by atoms with Crippen LogP contribution in [0.4, 0.5) is 5.13 Å². The normalized spacial score (nSPS) is 18.7. The summed E-state index contributed by atoms with van der Waals surface area (Å²) in [6, 6.07) is 0. The quantitative estimate of drug-likeness (QED) is 0.907. The average Bonchev–Trinajstić information content (AvgIpc) is 2.80. The van der Waals surface area contributed by atoms with Crippen LogP contribution in [-0.2, 0) is 5.41 Å².